The number of piperidine rings is 1. The van der Waals surface area contributed by atoms with E-state index >= 15 is 0 Å². The van der Waals surface area contributed by atoms with Gasteiger partial charge in [0.15, 0.2) is 0 Å². The number of hydrogen-bond acceptors (Lipinski definition) is 2. The molecule has 1 N–H and O–H groups in total. The minimum atomic E-state index is -0.125. The second kappa shape index (κ2) is 5.32. The predicted molar refractivity (Wildman–Crippen MR) is 81.5 cm³/mol. The van der Waals surface area contributed by atoms with E-state index < -0.39 is 0 Å². The van der Waals surface area contributed by atoms with E-state index in [0.29, 0.717) is 17.2 Å². The lowest BCUT2D eigenvalue weighted by Crippen LogP contribution is -2.51. The fourth-order valence-corrected chi connectivity index (χ4v) is 4.76. The Morgan fingerprint density at radius 1 is 1.05 bits per heavy atom. The van der Waals surface area contributed by atoms with Crippen molar-refractivity contribution in [3.63, 3.8) is 0 Å². The molecule has 2 aliphatic heterocycles. The second-order valence-corrected chi connectivity index (χ2v) is 7.74. The number of likely N-dealkylation sites (tertiary alicyclic amines) is 1. The highest BCUT2D eigenvalue weighted by atomic mass is 16.2. The van der Waals surface area contributed by atoms with E-state index in [1.807, 2.05) is 0 Å². The van der Waals surface area contributed by atoms with Crippen molar-refractivity contribution in [2.75, 3.05) is 26.2 Å². The molecule has 3 heteroatoms. The zero-order chi connectivity index (χ0) is 14.2. The van der Waals surface area contributed by atoms with Crippen LogP contribution in [0.25, 0.3) is 0 Å². The first kappa shape index (κ1) is 14.4. The van der Waals surface area contributed by atoms with Crippen LogP contribution in [0.1, 0.15) is 58.8 Å². The van der Waals surface area contributed by atoms with Crippen LogP contribution in [0.5, 0.6) is 0 Å². The zero-order valence-electron chi connectivity index (χ0n) is 13.2. The maximum Gasteiger partial charge on any atom is 0.230 e. The number of nitrogens with zero attached hydrogens (tertiary/aromatic N) is 1. The zero-order valence-corrected chi connectivity index (χ0v) is 13.2. The van der Waals surface area contributed by atoms with E-state index in [0.717, 1.165) is 32.6 Å². The van der Waals surface area contributed by atoms with Gasteiger partial charge in [0.25, 0.3) is 0 Å². The highest BCUT2D eigenvalue weighted by Gasteiger charge is 2.47. The summed E-state index contributed by atoms with van der Waals surface area (Å²) in [4.78, 5) is 15.2. The second-order valence-electron chi connectivity index (χ2n) is 7.74. The molecule has 3 fully saturated rings. The van der Waals surface area contributed by atoms with Gasteiger partial charge in [0.2, 0.25) is 5.91 Å². The Bertz CT molecular complexity index is 355. The first-order valence-electron chi connectivity index (χ1n) is 8.58. The smallest absolute Gasteiger partial charge is 0.230 e. The molecule has 114 valence electrons. The van der Waals surface area contributed by atoms with Crippen LogP contribution in [0.3, 0.4) is 0 Å². The monoisotopic (exact) mass is 278 g/mol. The SMILES string of the molecule is CC(C)C1(C(=O)N2CCC3(CCCC3)CC2)CCNC1. The Morgan fingerprint density at radius 2 is 1.70 bits per heavy atom. The largest absolute Gasteiger partial charge is 0.342 e. The van der Waals surface area contributed by atoms with Crippen LogP contribution < -0.4 is 5.32 Å². The van der Waals surface area contributed by atoms with Crippen LogP contribution in [0.4, 0.5) is 0 Å². The molecular formula is C17H30N2O. The number of carbonyl (C=O) groups is 1. The standard InChI is InChI=1S/C17H30N2O/c1-14(2)17(7-10-18-13-17)15(20)19-11-8-16(9-12-19)5-3-4-6-16/h14,18H,3-13H2,1-2H3. The summed E-state index contributed by atoms with van der Waals surface area (Å²) in [5.41, 5.74) is 0.482. The molecule has 0 bridgehead atoms. The van der Waals surface area contributed by atoms with Gasteiger partial charge in [-0.25, -0.2) is 0 Å². The molecular weight excluding hydrogens is 248 g/mol. The Morgan fingerprint density at radius 3 is 2.20 bits per heavy atom. The highest BCUT2D eigenvalue weighted by Crippen LogP contribution is 2.47. The molecule has 0 aromatic rings. The van der Waals surface area contributed by atoms with Crippen molar-refractivity contribution < 1.29 is 4.79 Å². The molecule has 1 unspecified atom stereocenters. The Balaban J connectivity index is 1.66. The molecule has 0 aromatic heterocycles. The van der Waals surface area contributed by atoms with Crippen LogP contribution in [-0.2, 0) is 4.79 Å². The fraction of sp³-hybridized carbons (Fsp3) is 0.941. The normalized spacial score (nSPS) is 33.2. The lowest BCUT2D eigenvalue weighted by molar-refractivity contribution is -0.146. The van der Waals surface area contributed by atoms with Gasteiger partial charge >= 0.3 is 0 Å². The van der Waals surface area contributed by atoms with E-state index in [-0.39, 0.29) is 5.41 Å². The van der Waals surface area contributed by atoms with Crippen molar-refractivity contribution in [2.24, 2.45) is 16.7 Å². The summed E-state index contributed by atoms with van der Waals surface area (Å²) in [6, 6.07) is 0. The van der Waals surface area contributed by atoms with Gasteiger partial charge in [-0.1, -0.05) is 26.7 Å². The molecule has 3 aliphatic rings. The average Bonchev–Trinajstić information content (AvgIpc) is 3.09. The minimum Gasteiger partial charge on any atom is -0.342 e. The number of carbonyl (C=O) groups excluding carboxylic acids is 1. The first-order chi connectivity index (χ1) is 9.58. The van der Waals surface area contributed by atoms with Crippen molar-refractivity contribution in [1.29, 1.82) is 0 Å². The molecule has 2 heterocycles. The van der Waals surface area contributed by atoms with E-state index in [9.17, 15) is 4.79 Å². The molecule has 0 radical (unpaired) electrons. The molecule has 1 aliphatic carbocycles. The van der Waals surface area contributed by atoms with Gasteiger partial charge in [0.1, 0.15) is 0 Å². The van der Waals surface area contributed by atoms with Gasteiger partial charge in [0, 0.05) is 19.6 Å². The van der Waals surface area contributed by atoms with Crippen LogP contribution in [0.2, 0.25) is 0 Å². The Labute approximate surface area is 123 Å². The third-order valence-electron chi connectivity index (χ3n) is 6.49. The minimum absolute atomic E-state index is 0.125. The number of rotatable bonds is 2. The molecule has 1 saturated carbocycles. The first-order valence-corrected chi connectivity index (χ1v) is 8.58. The maximum absolute atomic E-state index is 13.1. The van der Waals surface area contributed by atoms with E-state index in [2.05, 4.69) is 24.1 Å². The Kier molecular flexibility index (Phi) is 3.83. The van der Waals surface area contributed by atoms with Crippen molar-refractivity contribution in [3.8, 4) is 0 Å². The molecule has 1 spiro atoms. The average molecular weight is 278 g/mol. The van der Waals surface area contributed by atoms with Gasteiger partial charge in [-0.2, -0.15) is 0 Å². The predicted octanol–water partition coefficient (Wildman–Crippen LogP) is 2.80. The summed E-state index contributed by atoms with van der Waals surface area (Å²) in [5, 5.41) is 3.42. The lowest BCUT2D eigenvalue weighted by atomic mass is 9.73. The number of nitrogens with one attached hydrogen (secondary N) is 1. The number of amides is 1. The molecule has 20 heavy (non-hydrogen) atoms. The molecule has 3 rings (SSSR count). The molecule has 3 nitrogen and oxygen atoms in total. The van der Waals surface area contributed by atoms with Crippen molar-refractivity contribution in [1.82, 2.24) is 10.2 Å². The third-order valence-corrected chi connectivity index (χ3v) is 6.49. The van der Waals surface area contributed by atoms with Crippen LogP contribution in [0.15, 0.2) is 0 Å². The number of hydrogen-bond donors (Lipinski definition) is 1. The van der Waals surface area contributed by atoms with Crippen molar-refractivity contribution in [2.45, 2.75) is 58.8 Å². The molecule has 1 amide bonds. The molecule has 1 atom stereocenters. The van der Waals surface area contributed by atoms with Crippen molar-refractivity contribution in [3.05, 3.63) is 0 Å². The highest BCUT2D eigenvalue weighted by molar-refractivity contribution is 5.83. The summed E-state index contributed by atoms with van der Waals surface area (Å²) in [6.45, 7) is 8.33. The summed E-state index contributed by atoms with van der Waals surface area (Å²) in [6.07, 6.45) is 9.16. The van der Waals surface area contributed by atoms with E-state index in [1.165, 1.54) is 38.5 Å². The summed E-state index contributed by atoms with van der Waals surface area (Å²) < 4.78 is 0. The third kappa shape index (κ3) is 2.28. The summed E-state index contributed by atoms with van der Waals surface area (Å²) in [5.74, 6) is 0.873. The summed E-state index contributed by atoms with van der Waals surface area (Å²) in [7, 11) is 0. The van der Waals surface area contributed by atoms with Gasteiger partial charge in [-0.15, -0.1) is 0 Å². The van der Waals surface area contributed by atoms with Gasteiger partial charge in [-0.3, -0.25) is 4.79 Å². The van der Waals surface area contributed by atoms with Crippen molar-refractivity contribution >= 4 is 5.91 Å². The quantitative estimate of drug-likeness (QED) is 0.842. The van der Waals surface area contributed by atoms with Gasteiger partial charge in [-0.05, 0) is 50.0 Å². The van der Waals surface area contributed by atoms with Gasteiger partial charge < -0.3 is 10.2 Å². The van der Waals surface area contributed by atoms with Crippen LogP contribution in [-0.4, -0.2) is 37.0 Å². The molecule has 2 saturated heterocycles. The molecule has 0 aromatic carbocycles. The lowest BCUT2D eigenvalue weighted by Gasteiger charge is -2.43. The van der Waals surface area contributed by atoms with Crippen LogP contribution >= 0.6 is 0 Å². The fourth-order valence-electron chi connectivity index (χ4n) is 4.76. The Hall–Kier alpha value is -0.570. The van der Waals surface area contributed by atoms with E-state index in [1.54, 1.807) is 0 Å². The maximum atomic E-state index is 13.1. The van der Waals surface area contributed by atoms with Crippen LogP contribution in [0, 0.1) is 16.7 Å². The van der Waals surface area contributed by atoms with Gasteiger partial charge in [0.05, 0.1) is 5.41 Å². The summed E-state index contributed by atoms with van der Waals surface area (Å²) >= 11 is 0. The topological polar surface area (TPSA) is 32.3 Å². The van der Waals surface area contributed by atoms with E-state index in [4.69, 9.17) is 0 Å².